The Morgan fingerprint density at radius 3 is 2.59 bits per heavy atom. The highest BCUT2D eigenvalue weighted by atomic mass is 32.2. The molecule has 2 aromatic carbocycles. The molecule has 0 unspecified atom stereocenters. The maximum atomic E-state index is 13.1. The zero-order valence-electron chi connectivity index (χ0n) is 16.2. The van der Waals surface area contributed by atoms with Gasteiger partial charge in [-0.25, -0.2) is 18.0 Å². The van der Waals surface area contributed by atoms with Crippen LogP contribution in [0.3, 0.4) is 0 Å². The van der Waals surface area contributed by atoms with E-state index in [9.17, 15) is 18.0 Å². The highest BCUT2D eigenvalue weighted by Gasteiger charge is 2.32. The number of hydrogen-bond donors (Lipinski definition) is 0. The van der Waals surface area contributed by atoms with Crippen LogP contribution < -0.4 is 9.04 Å². The van der Waals surface area contributed by atoms with Crippen molar-refractivity contribution in [2.75, 3.05) is 25.1 Å². The highest BCUT2D eigenvalue weighted by Crippen LogP contribution is 2.31. The molecule has 0 saturated carbocycles. The number of ether oxygens (including phenoxy) is 3. The van der Waals surface area contributed by atoms with Gasteiger partial charge in [0.15, 0.2) is 0 Å². The third-order valence-corrected chi connectivity index (χ3v) is 6.42. The number of rotatable bonds is 6. The second kappa shape index (κ2) is 8.12. The van der Waals surface area contributed by atoms with Crippen molar-refractivity contribution in [2.45, 2.75) is 24.3 Å². The molecular formula is C20H21NO7S. The van der Waals surface area contributed by atoms with Crippen LogP contribution in [0.5, 0.6) is 5.75 Å². The Morgan fingerprint density at radius 1 is 1.21 bits per heavy atom. The third kappa shape index (κ3) is 4.04. The lowest BCUT2D eigenvalue weighted by Gasteiger charge is -2.22. The number of hydrogen-bond acceptors (Lipinski definition) is 7. The van der Waals surface area contributed by atoms with E-state index in [1.165, 1.54) is 32.4 Å². The van der Waals surface area contributed by atoms with Gasteiger partial charge in [-0.05, 0) is 36.8 Å². The Morgan fingerprint density at radius 2 is 1.93 bits per heavy atom. The van der Waals surface area contributed by atoms with E-state index >= 15 is 0 Å². The molecule has 0 aliphatic carbocycles. The van der Waals surface area contributed by atoms with E-state index in [-0.39, 0.29) is 23.5 Å². The number of sulfonamides is 1. The first-order chi connectivity index (χ1) is 13.8. The molecule has 9 heteroatoms. The first-order valence-corrected chi connectivity index (χ1v) is 10.3. The quantitative estimate of drug-likeness (QED) is 0.663. The minimum absolute atomic E-state index is 0.0687. The van der Waals surface area contributed by atoms with Gasteiger partial charge in [-0.3, -0.25) is 4.31 Å². The van der Waals surface area contributed by atoms with Crippen LogP contribution in [0.15, 0.2) is 47.4 Å². The number of cyclic esters (lactones) is 1. The highest BCUT2D eigenvalue weighted by molar-refractivity contribution is 7.92. The summed E-state index contributed by atoms with van der Waals surface area (Å²) in [6.07, 6.45) is -0.698. The van der Waals surface area contributed by atoms with E-state index in [0.29, 0.717) is 17.0 Å². The number of carbonyl (C=O) groups is 2. The van der Waals surface area contributed by atoms with Crippen LogP contribution in [0.1, 0.15) is 22.3 Å². The lowest BCUT2D eigenvalue weighted by molar-refractivity contribution is -0.145. The van der Waals surface area contributed by atoms with Crippen molar-refractivity contribution < 1.29 is 32.2 Å². The molecule has 0 radical (unpaired) electrons. The Labute approximate surface area is 169 Å². The molecule has 154 valence electrons. The summed E-state index contributed by atoms with van der Waals surface area (Å²) >= 11 is 0. The molecule has 3 rings (SSSR count). The summed E-state index contributed by atoms with van der Waals surface area (Å²) in [6, 6.07) is 10.9. The smallest absolute Gasteiger partial charge is 0.347 e. The van der Waals surface area contributed by atoms with Gasteiger partial charge in [-0.1, -0.05) is 18.2 Å². The Kier molecular flexibility index (Phi) is 5.78. The molecule has 0 N–H and O–H groups in total. The van der Waals surface area contributed by atoms with Crippen molar-refractivity contribution >= 4 is 27.6 Å². The van der Waals surface area contributed by atoms with Crippen LogP contribution in [0, 0.1) is 6.92 Å². The summed E-state index contributed by atoms with van der Waals surface area (Å²) < 4.78 is 42.6. The van der Waals surface area contributed by atoms with Crippen molar-refractivity contribution in [3.8, 4) is 5.75 Å². The first kappa shape index (κ1) is 20.7. The van der Waals surface area contributed by atoms with Gasteiger partial charge >= 0.3 is 11.9 Å². The van der Waals surface area contributed by atoms with E-state index in [1.807, 2.05) is 0 Å². The van der Waals surface area contributed by atoms with Gasteiger partial charge in [0.05, 0.1) is 29.9 Å². The Hall–Kier alpha value is -3.07. The lowest BCUT2D eigenvalue weighted by Crippen LogP contribution is -2.27. The van der Waals surface area contributed by atoms with Crippen molar-refractivity contribution in [1.82, 2.24) is 0 Å². The fourth-order valence-corrected chi connectivity index (χ4v) is 4.17. The zero-order valence-corrected chi connectivity index (χ0v) is 17.1. The number of anilines is 1. The van der Waals surface area contributed by atoms with Crippen LogP contribution in [-0.4, -0.2) is 47.2 Å². The molecule has 1 saturated heterocycles. The average molecular weight is 419 g/mol. The SMILES string of the molecule is COc1ccccc1N(C)S(=O)(=O)c1ccc(C)c(C(=O)O[C@@H]2CCOC2=O)c1. The maximum absolute atomic E-state index is 13.1. The molecule has 0 spiro atoms. The van der Waals surface area contributed by atoms with E-state index in [1.54, 1.807) is 31.2 Å². The number of carbonyl (C=O) groups excluding carboxylic acids is 2. The van der Waals surface area contributed by atoms with Crippen molar-refractivity contribution in [2.24, 2.45) is 0 Å². The van der Waals surface area contributed by atoms with Crippen molar-refractivity contribution in [1.29, 1.82) is 0 Å². The minimum Gasteiger partial charge on any atom is -0.495 e. The first-order valence-electron chi connectivity index (χ1n) is 8.86. The number of nitrogens with zero attached hydrogens (tertiary/aromatic N) is 1. The van der Waals surface area contributed by atoms with E-state index < -0.39 is 28.1 Å². The largest absolute Gasteiger partial charge is 0.495 e. The molecule has 29 heavy (non-hydrogen) atoms. The molecule has 1 atom stereocenters. The molecule has 0 aromatic heterocycles. The van der Waals surface area contributed by atoms with Crippen molar-refractivity contribution in [3.63, 3.8) is 0 Å². The summed E-state index contributed by atoms with van der Waals surface area (Å²) in [7, 11) is -1.13. The molecule has 2 aromatic rings. The summed E-state index contributed by atoms with van der Waals surface area (Å²) in [5, 5.41) is 0. The predicted molar refractivity (Wildman–Crippen MR) is 105 cm³/mol. The number of methoxy groups -OCH3 is 1. The lowest BCUT2D eigenvalue weighted by atomic mass is 10.1. The fourth-order valence-electron chi connectivity index (χ4n) is 2.94. The molecular weight excluding hydrogens is 398 g/mol. The number of esters is 2. The van der Waals surface area contributed by atoms with Crippen LogP contribution in [0.25, 0.3) is 0 Å². The normalized spacial score (nSPS) is 16.2. The van der Waals surface area contributed by atoms with Gasteiger partial charge in [0.1, 0.15) is 5.75 Å². The summed E-state index contributed by atoms with van der Waals surface area (Å²) in [5.74, 6) is -0.982. The summed E-state index contributed by atoms with van der Waals surface area (Å²) in [5.41, 5.74) is 0.952. The third-order valence-electron chi connectivity index (χ3n) is 4.65. The van der Waals surface area contributed by atoms with Gasteiger partial charge < -0.3 is 14.2 Å². The van der Waals surface area contributed by atoms with Gasteiger partial charge in [-0.2, -0.15) is 0 Å². The number of aryl methyl sites for hydroxylation is 1. The molecule has 1 heterocycles. The Balaban J connectivity index is 1.93. The van der Waals surface area contributed by atoms with Gasteiger partial charge in [-0.15, -0.1) is 0 Å². The van der Waals surface area contributed by atoms with Crippen molar-refractivity contribution in [3.05, 3.63) is 53.6 Å². The van der Waals surface area contributed by atoms with Gasteiger partial charge in [0.2, 0.25) is 6.10 Å². The minimum atomic E-state index is -3.98. The monoisotopic (exact) mass is 419 g/mol. The molecule has 0 bridgehead atoms. The van der Waals surface area contributed by atoms with Gasteiger partial charge in [0.25, 0.3) is 10.0 Å². The maximum Gasteiger partial charge on any atom is 0.347 e. The molecule has 0 amide bonds. The van der Waals surface area contributed by atoms with Gasteiger partial charge in [0, 0.05) is 13.5 Å². The van der Waals surface area contributed by atoms with Crippen LogP contribution in [0.2, 0.25) is 0 Å². The van der Waals surface area contributed by atoms with Crippen LogP contribution in [0.4, 0.5) is 5.69 Å². The molecule has 1 fully saturated rings. The topological polar surface area (TPSA) is 99.2 Å². The number of benzene rings is 2. The fraction of sp³-hybridized carbons (Fsp3) is 0.300. The molecule has 1 aliphatic heterocycles. The second-order valence-corrected chi connectivity index (χ2v) is 8.44. The van der Waals surface area contributed by atoms with E-state index in [4.69, 9.17) is 14.2 Å². The van der Waals surface area contributed by atoms with E-state index in [0.717, 1.165) is 4.31 Å². The zero-order chi connectivity index (χ0) is 21.2. The van der Waals surface area contributed by atoms with Crippen LogP contribution in [-0.2, 0) is 24.3 Å². The Bertz CT molecular complexity index is 1050. The summed E-state index contributed by atoms with van der Waals surface area (Å²) in [4.78, 5) is 24.0. The predicted octanol–water partition coefficient (Wildman–Crippen LogP) is 2.30. The van der Waals surface area contributed by atoms with Crippen LogP contribution >= 0.6 is 0 Å². The number of para-hydroxylation sites is 2. The standard InChI is InChI=1S/C20H21NO7S/c1-13-8-9-14(12-15(13)19(22)28-18-10-11-27-20(18)23)29(24,25)21(2)16-6-4-5-7-17(16)26-3/h4-9,12,18H,10-11H2,1-3H3/t18-/m1/s1. The molecule has 8 nitrogen and oxygen atoms in total. The second-order valence-electron chi connectivity index (χ2n) is 6.47. The van der Waals surface area contributed by atoms with E-state index in [2.05, 4.69) is 0 Å². The average Bonchev–Trinajstić information content (AvgIpc) is 3.11. The summed E-state index contributed by atoms with van der Waals surface area (Å²) in [6.45, 7) is 1.85. The molecule has 1 aliphatic rings.